The Kier molecular flexibility index (Phi) is 6.42. The predicted octanol–water partition coefficient (Wildman–Crippen LogP) is 4.24. The third-order valence-corrected chi connectivity index (χ3v) is 6.97. The van der Waals surface area contributed by atoms with Crippen molar-refractivity contribution < 1.29 is 19.2 Å². The number of rotatable bonds is 4. The van der Waals surface area contributed by atoms with Crippen LogP contribution in [-0.4, -0.2) is 36.4 Å². The minimum atomic E-state index is 0.200. The molecule has 8 nitrogen and oxygen atoms in total. The molecular formula is C24H20N4O4. The fourth-order valence-corrected chi connectivity index (χ4v) is 5.94. The molecule has 32 heavy (non-hydrogen) atoms. The molecule has 0 N–H and O–H groups in total. The molecule has 0 aromatic heterocycles. The van der Waals surface area contributed by atoms with Crippen molar-refractivity contribution in [1.29, 1.82) is 0 Å². The number of nitrogens with zero attached hydrogens (tertiary/aromatic N) is 4. The van der Waals surface area contributed by atoms with Crippen molar-refractivity contribution in [2.75, 3.05) is 0 Å². The smallest absolute Gasteiger partial charge is 0.211 e. The van der Waals surface area contributed by atoms with Gasteiger partial charge in [-0.2, -0.15) is 9.98 Å². The largest absolute Gasteiger partial charge is 0.240 e. The van der Waals surface area contributed by atoms with Gasteiger partial charge in [0.15, 0.2) is 0 Å². The molecule has 4 bridgehead atoms. The van der Waals surface area contributed by atoms with Gasteiger partial charge in [-0.3, -0.25) is 0 Å². The average molecular weight is 428 g/mol. The SMILES string of the molecule is O=C=NC1C2CC3CC1CC(C2)C3N=C=O.O=C=Nc1cccc2c(N=C=O)cccc12. The summed E-state index contributed by atoms with van der Waals surface area (Å²) < 4.78 is 0. The van der Waals surface area contributed by atoms with E-state index in [1.165, 1.54) is 12.2 Å². The molecule has 0 aliphatic heterocycles. The van der Waals surface area contributed by atoms with Gasteiger partial charge < -0.3 is 0 Å². The van der Waals surface area contributed by atoms with Gasteiger partial charge in [-0.15, -0.1) is 0 Å². The summed E-state index contributed by atoms with van der Waals surface area (Å²) in [6.45, 7) is 0. The first-order valence-corrected chi connectivity index (χ1v) is 10.5. The molecule has 0 unspecified atom stereocenters. The maximum atomic E-state index is 10.4. The molecule has 0 atom stereocenters. The highest BCUT2D eigenvalue weighted by atomic mass is 16.1. The van der Waals surface area contributed by atoms with Crippen LogP contribution in [0.1, 0.15) is 25.7 Å². The molecule has 0 saturated heterocycles. The Morgan fingerprint density at radius 3 is 1.25 bits per heavy atom. The summed E-state index contributed by atoms with van der Waals surface area (Å²) in [6, 6.07) is 10.9. The molecule has 160 valence electrons. The summed E-state index contributed by atoms with van der Waals surface area (Å²) in [5, 5.41) is 1.50. The van der Waals surface area contributed by atoms with E-state index < -0.39 is 0 Å². The first kappa shape index (κ1) is 21.5. The minimum Gasteiger partial charge on any atom is -0.211 e. The number of hydrogen-bond donors (Lipinski definition) is 0. The van der Waals surface area contributed by atoms with E-state index in [4.69, 9.17) is 0 Å². The fourth-order valence-electron chi connectivity index (χ4n) is 5.94. The third kappa shape index (κ3) is 4.04. The van der Waals surface area contributed by atoms with Crippen molar-refractivity contribution in [3.05, 3.63) is 36.4 Å². The van der Waals surface area contributed by atoms with Crippen LogP contribution < -0.4 is 0 Å². The number of isocyanates is 4. The van der Waals surface area contributed by atoms with E-state index >= 15 is 0 Å². The van der Waals surface area contributed by atoms with Gasteiger partial charge in [0.25, 0.3) is 0 Å². The van der Waals surface area contributed by atoms with Gasteiger partial charge >= 0.3 is 0 Å². The lowest BCUT2D eigenvalue weighted by atomic mass is 9.52. The van der Waals surface area contributed by atoms with E-state index in [1.54, 1.807) is 48.6 Å². The molecule has 4 fully saturated rings. The van der Waals surface area contributed by atoms with E-state index in [0.29, 0.717) is 35.0 Å². The number of fused-ring (bicyclic) bond motifs is 1. The topological polar surface area (TPSA) is 118 Å². The maximum Gasteiger partial charge on any atom is 0.240 e. The molecule has 4 saturated carbocycles. The Morgan fingerprint density at radius 1 is 0.562 bits per heavy atom. The fraction of sp³-hybridized carbons (Fsp3) is 0.417. The maximum absolute atomic E-state index is 10.4. The molecule has 4 aliphatic carbocycles. The minimum absolute atomic E-state index is 0.200. The summed E-state index contributed by atoms with van der Waals surface area (Å²) in [6.07, 6.45) is 10.7. The standard InChI is InChI=1S/C12H14N2O2.C12H6N2O2/c15-5-13-11-7-1-8-3-10(11)4-9(2-7)12(8)14-6-16;15-7-13-11-5-1-3-9-10(11)4-2-6-12(9)14-8-16/h7-12H,1-4H2;1-6H. The van der Waals surface area contributed by atoms with Crippen LogP contribution in [0, 0.1) is 23.7 Å². The number of carbonyl (C=O) groups excluding carboxylic acids is 4. The summed E-state index contributed by atoms with van der Waals surface area (Å²) >= 11 is 0. The molecule has 2 aromatic carbocycles. The molecule has 0 radical (unpaired) electrons. The van der Waals surface area contributed by atoms with Crippen LogP contribution in [0.15, 0.2) is 56.4 Å². The Bertz CT molecular complexity index is 1090. The molecule has 6 rings (SSSR count). The molecular weight excluding hydrogens is 408 g/mol. The first-order valence-electron chi connectivity index (χ1n) is 10.5. The van der Waals surface area contributed by atoms with Crippen LogP contribution in [0.25, 0.3) is 10.8 Å². The average Bonchev–Trinajstić information content (AvgIpc) is 2.79. The highest BCUT2D eigenvalue weighted by Gasteiger charge is 2.53. The number of hydrogen-bond acceptors (Lipinski definition) is 8. The predicted molar refractivity (Wildman–Crippen MR) is 116 cm³/mol. The van der Waals surface area contributed by atoms with E-state index in [2.05, 4.69) is 20.0 Å². The zero-order valence-electron chi connectivity index (χ0n) is 17.2. The normalized spacial score (nSPS) is 28.8. The summed E-state index contributed by atoms with van der Waals surface area (Å²) in [7, 11) is 0. The summed E-state index contributed by atoms with van der Waals surface area (Å²) in [5.41, 5.74) is 1.02. The number of aliphatic imine (C=N–C) groups is 4. The highest BCUT2D eigenvalue weighted by Crippen LogP contribution is 2.55. The molecule has 0 amide bonds. The van der Waals surface area contributed by atoms with Crippen LogP contribution in [0.3, 0.4) is 0 Å². The van der Waals surface area contributed by atoms with Gasteiger partial charge in [-0.1, -0.05) is 24.3 Å². The monoisotopic (exact) mass is 428 g/mol. The van der Waals surface area contributed by atoms with Gasteiger partial charge in [0.2, 0.25) is 24.3 Å². The van der Waals surface area contributed by atoms with Crippen LogP contribution in [0.4, 0.5) is 11.4 Å². The van der Waals surface area contributed by atoms with Crippen LogP contribution in [0.5, 0.6) is 0 Å². The van der Waals surface area contributed by atoms with Crippen molar-refractivity contribution in [2.24, 2.45) is 43.6 Å². The van der Waals surface area contributed by atoms with Crippen LogP contribution >= 0.6 is 0 Å². The molecule has 4 aliphatic rings. The van der Waals surface area contributed by atoms with Crippen molar-refractivity contribution in [3.8, 4) is 0 Å². The second-order valence-corrected chi connectivity index (χ2v) is 8.46. The van der Waals surface area contributed by atoms with Crippen LogP contribution in [0.2, 0.25) is 0 Å². The van der Waals surface area contributed by atoms with Crippen molar-refractivity contribution in [2.45, 2.75) is 37.8 Å². The zero-order valence-corrected chi connectivity index (χ0v) is 17.2. The van der Waals surface area contributed by atoms with E-state index in [-0.39, 0.29) is 12.1 Å². The second-order valence-electron chi connectivity index (χ2n) is 8.46. The van der Waals surface area contributed by atoms with Crippen molar-refractivity contribution in [3.63, 3.8) is 0 Å². The molecule has 0 heterocycles. The van der Waals surface area contributed by atoms with Crippen molar-refractivity contribution in [1.82, 2.24) is 0 Å². The Balaban J connectivity index is 0.000000153. The van der Waals surface area contributed by atoms with E-state index in [1.807, 2.05) is 0 Å². The van der Waals surface area contributed by atoms with Gasteiger partial charge in [0.1, 0.15) is 0 Å². The lowest BCUT2D eigenvalue weighted by Gasteiger charge is -2.54. The van der Waals surface area contributed by atoms with Gasteiger partial charge in [-0.25, -0.2) is 29.2 Å². The second kappa shape index (κ2) is 9.57. The highest BCUT2D eigenvalue weighted by molar-refractivity contribution is 6.00. The summed E-state index contributed by atoms with van der Waals surface area (Å²) in [5.74, 6) is 2.12. The lowest BCUT2D eigenvalue weighted by molar-refractivity contribution is -0.0154. The van der Waals surface area contributed by atoms with Gasteiger partial charge in [0.05, 0.1) is 23.5 Å². The van der Waals surface area contributed by atoms with E-state index in [9.17, 15) is 19.2 Å². The molecule has 2 aromatic rings. The molecule has 0 spiro atoms. The van der Waals surface area contributed by atoms with Gasteiger partial charge in [-0.05, 0) is 61.5 Å². The summed E-state index contributed by atoms with van der Waals surface area (Å²) in [4.78, 5) is 56.4. The first-order chi connectivity index (χ1) is 15.7. The Hall–Kier alpha value is -3.78. The Morgan fingerprint density at radius 2 is 0.938 bits per heavy atom. The Labute approximate surface area is 183 Å². The zero-order chi connectivity index (χ0) is 22.5. The quantitative estimate of drug-likeness (QED) is 0.535. The third-order valence-electron chi connectivity index (χ3n) is 6.97. The number of benzene rings is 2. The van der Waals surface area contributed by atoms with E-state index in [0.717, 1.165) is 36.5 Å². The van der Waals surface area contributed by atoms with Gasteiger partial charge in [0, 0.05) is 10.8 Å². The molecule has 8 heteroatoms. The van der Waals surface area contributed by atoms with Crippen molar-refractivity contribution >= 4 is 46.5 Å². The lowest BCUT2D eigenvalue weighted by Crippen LogP contribution is -2.53. The van der Waals surface area contributed by atoms with Crippen LogP contribution in [-0.2, 0) is 19.2 Å².